The fraction of sp³-hybridized carbons (Fsp3) is 0.143. The molecule has 2 rings (SSSR count). The summed E-state index contributed by atoms with van der Waals surface area (Å²) in [5, 5.41) is 9.03. The molecule has 1 aromatic heterocycles. The highest BCUT2D eigenvalue weighted by molar-refractivity contribution is 6.33. The number of carbonyl (C=O) groups is 1. The van der Waals surface area contributed by atoms with Gasteiger partial charge >= 0.3 is 5.97 Å². The van der Waals surface area contributed by atoms with Gasteiger partial charge in [-0.2, -0.15) is 0 Å². The van der Waals surface area contributed by atoms with Crippen LogP contribution in [-0.4, -0.2) is 16.1 Å². The summed E-state index contributed by atoms with van der Waals surface area (Å²) in [6, 6.07) is 8.70. The smallest absolute Gasteiger partial charge is 0.356 e. The molecule has 0 spiro atoms. The number of halogens is 1. The first-order valence-corrected chi connectivity index (χ1v) is 6.00. The summed E-state index contributed by atoms with van der Waals surface area (Å²) >= 11 is 5.75. The maximum Gasteiger partial charge on any atom is 0.356 e. The van der Waals surface area contributed by atoms with Crippen molar-refractivity contribution in [3.8, 4) is 11.6 Å². The van der Waals surface area contributed by atoms with Crippen molar-refractivity contribution in [1.29, 1.82) is 0 Å². The Hall–Kier alpha value is -2.07. The van der Waals surface area contributed by atoms with E-state index in [-0.39, 0.29) is 16.6 Å². The van der Waals surface area contributed by atoms with Crippen molar-refractivity contribution in [2.75, 3.05) is 0 Å². The third-order valence-electron chi connectivity index (χ3n) is 2.57. The fourth-order valence-electron chi connectivity index (χ4n) is 1.66. The van der Waals surface area contributed by atoms with Crippen LogP contribution in [-0.2, 0) is 0 Å². The summed E-state index contributed by atoms with van der Waals surface area (Å²) < 4.78 is 5.58. The Labute approximate surface area is 115 Å². The zero-order valence-electron chi connectivity index (χ0n) is 10.5. The molecule has 1 N–H and O–H groups in total. The molecule has 4 nitrogen and oxygen atoms in total. The monoisotopic (exact) mass is 277 g/mol. The van der Waals surface area contributed by atoms with Crippen LogP contribution in [0.1, 0.15) is 21.6 Å². The van der Waals surface area contributed by atoms with Crippen LogP contribution in [0.2, 0.25) is 5.02 Å². The molecule has 0 bridgehead atoms. The first-order chi connectivity index (χ1) is 8.97. The highest BCUT2D eigenvalue weighted by Crippen LogP contribution is 2.26. The molecule has 0 fully saturated rings. The number of aromatic carboxylic acids is 1. The van der Waals surface area contributed by atoms with E-state index >= 15 is 0 Å². The summed E-state index contributed by atoms with van der Waals surface area (Å²) in [7, 11) is 0. The second-order valence-corrected chi connectivity index (χ2v) is 4.56. The van der Waals surface area contributed by atoms with Gasteiger partial charge in [-0.1, -0.05) is 29.3 Å². The normalized spacial score (nSPS) is 10.3. The quantitative estimate of drug-likeness (QED) is 0.926. The van der Waals surface area contributed by atoms with Crippen molar-refractivity contribution >= 4 is 17.6 Å². The van der Waals surface area contributed by atoms with E-state index < -0.39 is 5.97 Å². The lowest BCUT2D eigenvalue weighted by molar-refractivity contribution is 0.0690. The maximum atomic E-state index is 10.9. The van der Waals surface area contributed by atoms with Gasteiger partial charge in [0.1, 0.15) is 5.75 Å². The predicted octanol–water partition coefficient (Wildman–Crippen LogP) is 3.84. The Kier molecular flexibility index (Phi) is 3.71. The average Bonchev–Trinajstić information content (AvgIpc) is 2.34. The zero-order chi connectivity index (χ0) is 14.0. The van der Waals surface area contributed by atoms with Gasteiger partial charge in [0, 0.05) is 6.07 Å². The number of rotatable bonds is 3. The first-order valence-electron chi connectivity index (χ1n) is 5.62. The lowest BCUT2D eigenvalue weighted by Crippen LogP contribution is -2.02. The molecule has 0 radical (unpaired) electrons. The standard InChI is InChI=1S/C14H12ClNO3/c1-8-3-5-11(9(2)7-8)19-12-6-4-10(15)13(16-12)14(17)18/h3-7H,1-2H3,(H,17,18). The van der Waals surface area contributed by atoms with Crippen LogP contribution < -0.4 is 4.74 Å². The van der Waals surface area contributed by atoms with E-state index in [2.05, 4.69) is 4.98 Å². The molecule has 0 aliphatic carbocycles. The van der Waals surface area contributed by atoms with E-state index in [4.69, 9.17) is 21.4 Å². The fourth-order valence-corrected chi connectivity index (χ4v) is 1.84. The number of aryl methyl sites for hydroxylation is 2. The van der Waals surface area contributed by atoms with E-state index in [1.165, 1.54) is 12.1 Å². The number of hydrogen-bond donors (Lipinski definition) is 1. The third kappa shape index (κ3) is 3.03. The second-order valence-electron chi connectivity index (χ2n) is 4.16. The van der Waals surface area contributed by atoms with Crippen molar-refractivity contribution in [2.24, 2.45) is 0 Å². The molecule has 0 saturated heterocycles. The van der Waals surface area contributed by atoms with Crippen molar-refractivity contribution in [1.82, 2.24) is 4.98 Å². The number of pyridine rings is 1. The minimum absolute atomic E-state index is 0.0838. The molecule has 0 aliphatic rings. The second kappa shape index (κ2) is 5.28. The van der Waals surface area contributed by atoms with Crippen LogP contribution in [0.3, 0.4) is 0 Å². The molecule has 19 heavy (non-hydrogen) atoms. The van der Waals surface area contributed by atoms with Crippen molar-refractivity contribution in [3.05, 3.63) is 52.2 Å². The van der Waals surface area contributed by atoms with Gasteiger partial charge in [0.05, 0.1) is 5.02 Å². The molecule has 98 valence electrons. The minimum Gasteiger partial charge on any atom is -0.476 e. The van der Waals surface area contributed by atoms with E-state index in [1.54, 1.807) is 0 Å². The number of benzene rings is 1. The van der Waals surface area contributed by atoms with Gasteiger partial charge in [-0.15, -0.1) is 0 Å². The number of ether oxygens (including phenoxy) is 1. The number of carboxylic acid groups (broad SMARTS) is 1. The molecule has 1 heterocycles. The largest absolute Gasteiger partial charge is 0.476 e. The minimum atomic E-state index is -1.18. The topological polar surface area (TPSA) is 59.4 Å². The summed E-state index contributed by atoms with van der Waals surface area (Å²) in [5.41, 5.74) is 1.86. The molecule has 0 saturated carbocycles. The molecule has 0 amide bonds. The molecule has 1 aromatic carbocycles. The third-order valence-corrected chi connectivity index (χ3v) is 2.87. The van der Waals surface area contributed by atoms with Crippen molar-refractivity contribution in [3.63, 3.8) is 0 Å². The molecular weight excluding hydrogens is 266 g/mol. The lowest BCUT2D eigenvalue weighted by Gasteiger charge is -2.09. The van der Waals surface area contributed by atoms with E-state index in [0.717, 1.165) is 11.1 Å². The Morgan fingerprint density at radius 2 is 2.00 bits per heavy atom. The molecule has 0 aliphatic heterocycles. The van der Waals surface area contributed by atoms with E-state index in [0.29, 0.717) is 5.75 Å². The Morgan fingerprint density at radius 1 is 1.26 bits per heavy atom. The lowest BCUT2D eigenvalue weighted by atomic mass is 10.1. The van der Waals surface area contributed by atoms with Crippen LogP contribution in [0.5, 0.6) is 11.6 Å². The van der Waals surface area contributed by atoms with Crippen molar-refractivity contribution in [2.45, 2.75) is 13.8 Å². The molecule has 0 unspecified atom stereocenters. The van der Waals surface area contributed by atoms with E-state index in [9.17, 15) is 4.79 Å². The molecule has 5 heteroatoms. The average molecular weight is 278 g/mol. The summed E-state index contributed by atoms with van der Waals surface area (Å²) in [4.78, 5) is 14.8. The van der Waals surface area contributed by atoms with Crippen molar-refractivity contribution < 1.29 is 14.6 Å². The van der Waals surface area contributed by atoms with Gasteiger partial charge in [-0.3, -0.25) is 0 Å². The van der Waals surface area contributed by atoms with Gasteiger partial charge in [-0.05, 0) is 31.5 Å². The highest BCUT2D eigenvalue weighted by atomic mass is 35.5. The molecular formula is C14H12ClNO3. The Morgan fingerprint density at radius 3 is 2.63 bits per heavy atom. The number of carboxylic acids is 1. The number of hydrogen-bond acceptors (Lipinski definition) is 3. The summed E-state index contributed by atoms with van der Waals surface area (Å²) in [6.45, 7) is 3.90. The summed E-state index contributed by atoms with van der Waals surface area (Å²) in [5.74, 6) is -0.346. The zero-order valence-corrected chi connectivity index (χ0v) is 11.2. The number of aromatic nitrogens is 1. The van der Waals surface area contributed by atoms with Crippen LogP contribution in [0.4, 0.5) is 0 Å². The van der Waals surface area contributed by atoms with Gasteiger partial charge in [0.15, 0.2) is 5.69 Å². The van der Waals surface area contributed by atoms with Gasteiger partial charge in [0.25, 0.3) is 0 Å². The van der Waals surface area contributed by atoms with Crippen LogP contribution in [0.25, 0.3) is 0 Å². The van der Waals surface area contributed by atoms with Gasteiger partial charge < -0.3 is 9.84 Å². The van der Waals surface area contributed by atoms with Crippen LogP contribution >= 0.6 is 11.6 Å². The van der Waals surface area contributed by atoms with Crippen LogP contribution in [0, 0.1) is 13.8 Å². The maximum absolute atomic E-state index is 10.9. The number of nitrogens with zero attached hydrogens (tertiary/aromatic N) is 1. The Bertz CT molecular complexity index is 641. The SMILES string of the molecule is Cc1ccc(Oc2ccc(Cl)c(C(=O)O)n2)c(C)c1. The van der Waals surface area contributed by atoms with E-state index in [1.807, 2.05) is 32.0 Å². The highest BCUT2D eigenvalue weighted by Gasteiger charge is 2.12. The molecule has 0 atom stereocenters. The van der Waals surface area contributed by atoms with Gasteiger partial charge in [-0.25, -0.2) is 9.78 Å². The predicted molar refractivity (Wildman–Crippen MR) is 72.2 cm³/mol. The van der Waals surface area contributed by atoms with Crippen LogP contribution in [0.15, 0.2) is 30.3 Å². The van der Waals surface area contributed by atoms with Gasteiger partial charge in [0.2, 0.25) is 5.88 Å². The molecule has 2 aromatic rings. The summed E-state index contributed by atoms with van der Waals surface area (Å²) in [6.07, 6.45) is 0. The first kappa shape index (κ1) is 13.4. The Balaban J connectivity index is 2.33.